The Morgan fingerprint density at radius 1 is 1.21 bits per heavy atom. The van der Waals surface area contributed by atoms with Gasteiger partial charge in [-0.1, -0.05) is 36.8 Å². The monoisotopic (exact) mass is 326 g/mol. The molecular weight excluding hydrogens is 300 g/mol. The lowest BCUT2D eigenvalue weighted by molar-refractivity contribution is -0.136. The first-order valence-electron chi connectivity index (χ1n) is 9.27. The van der Waals surface area contributed by atoms with Crippen molar-refractivity contribution >= 4 is 11.8 Å². The molecule has 1 aromatic rings. The van der Waals surface area contributed by atoms with Crippen molar-refractivity contribution in [3.63, 3.8) is 0 Å². The summed E-state index contributed by atoms with van der Waals surface area (Å²) < 4.78 is 0. The van der Waals surface area contributed by atoms with Crippen LogP contribution in [0.5, 0.6) is 0 Å². The molecular formula is C20H26N2O2. The van der Waals surface area contributed by atoms with E-state index in [4.69, 9.17) is 0 Å². The van der Waals surface area contributed by atoms with Gasteiger partial charge in [-0.2, -0.15) is 0 Å². The van der Waals surface area contributed by atoms with Gasteiger partial charge in [-0.05, 0) is 49.5 Å². The minimum absolute atomic E-state index is 0.0852. The minimum Gasteiger partial charge on any atom is -0.354 e. The van der Waals surface area contributed by atoms with Crippen molar-refractivity contribution in [2.75, 3.05) is 6.54 Å². The standard InChI is InChI=1S/C20H26N2O2/c23-18-9-8-17(13-21-18)22-19(24)20(11-14-4-2-1-3-5-14)12-15-6-7-16(20)10-15/h1-5,15-17H,6-13H2,(H,21,23)(H,22,24)/t15-,16-,17+,20-/m1/s1. The van der Waals surface area contributed by atoms with Gasteiger partial charge in [0.25, 0.3) is 0 Å². The summed E-state index contributed by atoms with van der Waals surface area (Å²) in [6.07, 6.45) is 6.83. The Morgan fingerprint density at radius 3 is 2.67 bits per heavy atom. The van der Waals surface area contributed by atoms with Gasteiger partial charge in [-0.3, -0.25) is 9.59 Å². The first-order valence-corrected chi connectivity index (χ1v) is 9.27. The normalized spacial score (nSPS) is 34.8. The summed E-state index contributed by atoms with van der Waals surface area (Å²) >= 11 is 0. The Kier molecular flexibility index (Phi) is 4.07. The van der Waals surface area contributed by atoms with Crippen LogP contribution >= 0.6 is 0 Å². The smallest absolute Gasteiger partial charge is 0.227 e. The van der Waals surface area contributed by atoms with Crippen LogP contribution in [0.4, 0.5) is 0 Å². The Hall–Kier alpha value is -1.84. The zero-order chi connectivity index (χ0) is 16.6. The molecule has 0 spiro atoms. The van der Waals surface area contributed by atoms with Gasteiger partial charge in [0.2, 0.25) is 11.8 Å². The van der Waals surface area contributed by atoms with Gasteiger partial charge in [-0.15, -0.1) is 0 Å². The van der Waals surface area contributed by atoms with Gasteiger partial charge in [0.05, 0.1) is 5.41 Å². The van der Waals surface area contributed by atoms with Crippen LogP contribution in [0.15, 0.2) is 30.3 Å². The van der Waals surface area contributed by atoms with Crippen molar-refractivity contribution in [3.05, 3.63) is 35.9 Å². The van der Waals surface area contributed by atoms with Gasteiger partial charge >= 0.3 is 0 Å². The lowest BCUT2D eigenvalue weighted by Gasteiger charge is -2.38. The van der Waals surface area contributed by atoms with Crippen LogP contribution in [0.25, 0.3) is 0 Å². The molecule has 2 bridgehead atoms. The van der Waals surface area contributed by atoms with Crippen molar-refractivity contribution in [3.8, 4) is 0 Å². The summed E-state index contributed by atoms with van der Waals surface area (Å²) in [4.78, 5) is 24.6. The predicted molar refractivity (Wildman–Crippen MR) is 92.2 cm³/mol. The van der Waals surface area contributed by atoms with E-state index >= 15 is 0 Å². The fourth-order valence-corrected chi connectivity index (χ4v) is 5.16. The highest BCUT2D eigenvalue weighted by Gasteiger charge is 2.55. The van der Waals surface area contributed by atoms with E-state index < -0.39 is 0 Å². The summed E-state index contributed by atoms with van der Waals surface area (Å²) in [5.41, 5.74) is 1.02. The van der Waals surface area contributed by atoms with Crippen LogP contribution in [0.3, 0.4) is 0 Å². The van der Waals surface area contributed by atoms with E-state index in [0.717, 1.165) is 25.2 Å². The highest BCUT2D eigenvalue weighted by molar-refractivity contribution is 5.85. The number of benzene rings is 1. The third kappa shape index (κ3) is 2.83. The van der Waals surface area contributed by atoms with Gasteiger partial charge in [0.1, 0.15) is 0 Å². The van der Waals surface area contributed by atoms with Crippen molar-refractivity contribution < 1.29 is 9.59 Å². The number of nitrogens with one attached hydrogen (secondary N) is 2. The second kappa shape index (κ2) is 6.23. The Bertz CT molecular complexity index is 620. The number of fused-ring (bicyclic) bond motifs is 2. The Morgan fingerprint density at radius 2 is 2.04 bits per heavy atom. The van der Waals surface area contributed by atoms with E-state index in [9.17, 15) is 9.59 Å². The summed E-state index contributed by atoms with van der Waals surface area (Å²) in [6, 6.07) is 10.5. The SMILES string of the molecule is O=C1CC[C@H](NC(=O)[C@]2(Cc3ccccc3)C[C@@H]3CC[C@@H]2C3)CN1. The number of hydrogen-bond acceptors (Lipinski definition) is 2. The molecule has 2 aliphatic carbocycles. The minimum atomic E-state index is -0.244. The van der Waals surface area contributed by atoms with Gasteiger partial charge in [0.15, 0.2) is 0 Å². The van der Waals surface area contributed by atoms with E-state index in [0.29, 0.717) is 18.9 Å². The molecule has 2 saturated carbocycles. The highest BCUT2D eigenvalue weighted by atomic mass is 16.2. The molecule has 1 aliphatic heterocycles. The zero-order valence-corrected chi connectivity index (χ0v) is 14.1. The molecule has 128 valence electrons. The molecule has 2 amide bonds. The molecule has 1 aromatic carbocycles. The number of carbonyl (C=O) groups excluding carboxylic acids is 2. The van der Waals surface area contributed by atoms with Gasteiger partial charge in [-0.25, -0.2) is 0 Å². The fraction of sp³-hybridized carbons (Fsp3) is 0.600. The lowest BCUT2D eigenvalue weighted by atomic mass is 9.68. The maximum absolute atomic E-state index is 13.3. The average molecular weight is 326 g/mol. The third-order valence-electron chi connectivity index (χ3n) is 6.39. The number of carbonyl (C=O) groups is 2. The summed E-state index contributed by atoms with van der Waals surface area (Å²) in [7, 11) is 0. The molecule has 2 N–H and O–H groups in total. The number of hydrogen-bond donors (Lipinski definition) is 2. The van der Waals surface area contributed by atoms with Crippen molar-refractivity contribution in [2.24, 2.45) is 17.3 Å². The quantitative estimate of drug-likeness (QED) is 0.893. The van der Waals surface area contributed by atoms with Crippen LogP contribution in [0.1, 0.15) is 44.1 Å². The average Bonchev–Trinajstić information content (AvgIpc) is 3.19. The van der Waals surface area contributed by atoms with E-state index in [1.807, 2.05) is 6.07 Å². The molecule has 4 rings (SSSR count). The molecule has 4 nitrogen and oxygen atoms in total. The van der Waals surface area contributed by atoms with Crippen molar-refractivity contribution in [1.82, 2.24) is 10.6 Å². The highest BCUT2D eigenvalue weighted by Crippen LogP contribution is 2.57. The summed E-state index contributed by atoms with van der Waals surface area (Å²) in [6.45, 7) is 0.570. The number of rotatable bonds is 4. The molecule has 0 unspecified atom stereocenters. The largest absolute Gasteiger partial charge is 0.354 e. The van der Waals surface area contributed by atoms with Crippen molar-refractivity contribution in [2.45, 2.75) is 51.0 Å². The number of amides is 2. The van der Waals surface area contributed by atoms with E-state index in [-0.39, 0.29) is 23.3 Å². The molecule has 0 radical (unpaired) electrons. The first kappa shape index (κ1) is 15.7. The van der Waals surface area contributed by atoms with Gasteiger partial charge in [0, 0.05) is 19.0 Å². The van der Waals surface area contributed by atoms with Crippen LogP contribution in [-0.4, -0.2) is 24.4 Å². The van der Waals surface area contributed by atoms with E-state index in [1.165, 1.54) is 24.8 Å². The van der Waals surface area contributed by atoms with Crippen molar-refractivity contribution in [1.29, 1.82) is 0 Å². The fourth-order valence-electron chi connectivity index (χ4n) is 5.16. The third-order valence-corrected chi connectivity index (χ3v) is 6.39. The second-order valence-corrected chi connectivity index (χ2v) is 7.91. The van der Waals surface area contributed by atoms with E-state index in [2.05, 4.69) is 34.9 Å². The maximum atomic E-state index is 13.3. The zero-order valence-electron chi connectivity index (χ0n) is 14.1. The van der Waals surface area contributed by atoms with Crippen LogP contribution in [-0.2, 0) is 16.0 Å². The first-order chi connectivity index (χ1) is 11.7. The topological polar surface area (TPSA) is 58.2 Å². The van der Waals surface area contributed by atoms with Crippen LogP contribution in [0, 0.1) is 17.3 Å². The lowest BCUT2D eigenvalue weighted by Crippen LogP contribution is -2.54. The molecule has 4 heteroatoms. The number of piperidine rings is 1. The molecule has 1 heterocycles. The van der Waals surface area contributed by atoms with E-state index in [1.54, 1.807) is 0 Å². The summed E-state index contributed by atoms with van der Waals surface area (Å²) in [5.74, 6) is 1.55. The predicted octanol–water partition coefficient (Wildman–Crippen LogP) is 2.43. The molecule has 0 aromatic heterocycles. The Labute approximate surface area is 143 Å². The molecule has 1 saturated heterocycles. The van der Waals surface area contributed by atoms with Crippen LogP contribution < -0.4 is 10.6 Å². The maximum Gasteiger partial charge on any atom is 0.227 e. The van der Waals surface area contributed by atoms with Crippen LogP contribution in [0.2, 0.25) is 0 Å². The van der Waals surface area contributed by atoms with Gasteiger partial charge < -0.3 is 10.6 Å². The molecule has 3 aliphatic rings. The summed E-state index contributed by atoms with van der Waals surface area (Å²) in [5, 5.41) is 6.14. The Balaban J connectivity index is 1.52. The second-order valence-electron chi connectivity index (χ2n) is 7.91. The molecule has 3 fully saturated rings. The molecule has 4 atom stereocenters. The molecule has 24 heavy (non-hydrogen) atoms.